The standard InChI is InChI=1S/C26H38N2O4/c1-27(18-22-15-24(30-3)26(32-5)25(16-22)31-4)17-21-7-6-13-28(19-21)14-12-20-8-10-23(29-2)11-9-20/h8-11,15-16,21H,6-7,12-14,17-19H2,1-5H3/t21-/m1/s1. The highest BCUT2D eigenvalue weighted by Gasteiger charge is 2.21. The van der Waals surface area contributed by atoms with Crippen molar-refractivity contribution in [2.75, 3.05) is 61.7 Å². The lowest BCUT2D eigenvalue weighted by molar-refractivity contribution is 0.142. The molecule has 1 aliphatic rings. The largest absolute Gasteiger partial charge is 0.497 e. The van der Waals surface area contributed by atoms with Crippen molar-refractivity contribution in [3.63, 3.8) is 0 Å². The average molecular weight is 443 g/mol. The van der Waals surface area contributed by atoms with Crippen LogP contribution < -0.4 is 18.9 Å². The molecule has 1 aliphatic heterocycles. The molecule has 0 aromatic heterocycles. The zero-order chi connectivity index (χ0) is 22.9. The van der Waals surface area contributed by atoms with Crippen molar-refractivity contribution in [2.24, 2.45) is 5.92 Å². The van der Waals surface area contributed by atoms with Crippen molar-refractivity contribution in [3.8, 4) is 23.0 Å². The van der Waals surface area contributed by atoms with Crippen LogP contribution >= 0.6 is 0 Å². The molecule has 1 saturated heterocycles. The molecule has 2 aromatic rings. The predicted octanol–water partition coefficient (Wildman–Crippen LogP) is 4.11. The fourth-order valence-corrected chi connectivity index (χ4v) is 4.63. The minimum absolute atomic E-state index is 0.640. The van der Waals surface area contributed by atoms with Gasteiger partial charge in [-0.1, -0.05) is 12.1 Å². The number of methoxy groups -OCH3 is 4. The minimum atomic E-state index is 0.640. The Hall–Kier alpha value is -2.44. The van der Waals surface area contributed by atoms with E-state index in [9.17, 15) is 0 Å². The quantitative estimate of drug-likeness (QED) is 0.522. The molecule has 6 nitrogen and oxygen atoms in total. The number of ether oxygens (including phenoxy) is 4. The Labute approximate surface area is 193 Å². The summed E-state index contributed by atoms with van der Waals surface area (Å²) in [5, 5.41) is 0. The summed E-state index contributed by atoms with van der Waals surface area (Å²) in [4.78, 5) is 5.02. The zero-order valence-electron chi connectivity index (χ0n) is 20.2. The van der Waals surface area contributed by atoms with Gasteiger partial charge in [-0.25, -0.2) is 0 Å². The summed E-state index contributed by atoms with van der Waals surface area (Å²) in [7, 11) is 8.86. The molecule has 32 heavy (non-hydrogen) atoms. The second-order valence-electron chi connectivity index (χ2n) is 8.64. The highest BCUT2D eigenvalue weighted by atomic mass is 16.5. The Morgan fingerprint density at radius 1 is 0.906 bits per heavy atom. The molecule has 3 rings (SSSR count). The molecule has 1 heterocycles. The number of rotatable bonds is 11. The van der Waals surface area contributed by atoms with E-state index in [1.54, 1.807) is 28.4 Å². The number of hydrogen-bond donors (Lipinski definition) is 0. The van der Waals surface area contributed by atoms with E-state index < -0.39 is 0 Å². The van der Waals surface area contributed by atoms with Gasteiger partial charge in [-0.15, -0.1) is 0 Å². The molecule has 0 amide bonds. The summed E-state index contributed by atoms with van der Waals surface area (Å²) in [6.45, 7) is 5.40. The predicted molar refractivity (Wildman–Crippen MR) is 128 cm³/mol. The van der Waals surface area contributed by atoms with Crippen molar-refractivity contribution in [3.05, 3.63) is 47.5 Å². The molecule has 176 valence electrons. The van der Waals surface area contributed by atoms with Gasteiger partial charge in [0.1, 0.15) is 5.75 Å². The SMILES string of the molecule is COc1ccc(CCN2CCC[C@H](CN(C)Cc3cc(OC)c(OC)c(OC)c3)C2)cc1. The lowest BCUT2D eigenvalue weighted by Gasteiger charge is -2.35. The highest BCUT2D eigenvalue weighted by Crippen LogP contribution is 2.38. The van der Waals surface area contributed by atoms with E-state index in [4.69, 9.17) is 18.9 Å². The first-order valence-corrected chi connectivity index (χ1v) is 11.4. The number of nitrogens with zero attached hydrogens (tertiary/aromatic N) is 2. The highest BCUT2D eigenvalue weighted by molar-refractivity contribution is 5.53. The van der Waals surface area contributed by atoms with Gasteiger partial charge < -0.3 is 28.7 Å². The van der Waals surface area contributed by atoms with Gasteiger partial charge in [0, 0.05) is 26.2 Å². The van der Waals surface area contributed by atoms with Crippen molar-refractivity contribution >= 4 is 0 Å². The number of likely N-dealkylation sites (tertiary alicyclic amines) is 1. The summed E-state index contributed by atoms with van der Waals surface area (Å²) in [6, 6.07) is 12.5. The average Bonchev–Trinajstić information content (AvgIpc) is 2.82. The molecule has 0 saturated carbocycles. The van der Waals surface area contributed by atoms with E-state index in [2.05, 4.69) is 29.0 Å². The van der Waals surface area contributed by atoms with E-state index in [1.165, 1.54) is 24.9 Å². The molecular formula is C26H38N2O4. The Kier molecular flexibility index (Phi) is 9.06. The Bertz CT molecular complexity index is 815. The Morgan fingerprint density at radius 2 is 1.59 bits per heavy atom. The first-order valence-electron chi connectivity index (χ1n) is 11.4. The second kappa shape index (κ2) is 12.0. The Balaban J connectivity index is 1.52. The van der Waals surface area contributed by atoms with Gasteiger partial charge in [-0.3, -0.25) is 0 Å². The lowest BCUT2D eigenvalue weighted by Crippen LogP contribution is -2.40. The van der Waals surface area contributed by atoms with Gasteiger partial charge in [0.25, 0.3) is 0 Å². The molecule has 1 atom stereocenters. The van der Waals surface area contributed by atoms with Crippen LogP contribution in [0.2, 0.25) is 0 Å². The maximum Gasteiger partial charge on any atom is 0.203 e. The monoisotopic (exact) mass is 442 g/mol. The molecule has 2 aromatic carbocycles. The first-order chi connectivity index (χ1) is 15.6. The van der Waals surface area contributed by atoms with Crippen LogP contribution in [0, 0.1) is 5.92 Å². The van der Waals surface area contributed by atoms with Crippen LogP contribution in [0.4, 0.5) is 0 Å². The summed E-state index contributed by atoms with van der Waals surface area (Å²) in [5.74, 6) is 3.66. The van der Waals surface area contributed by atoms with Gasteiger partial charge >= 0.3 is 0 Å². The number of hydrogen-bond acceptors (Lipinski definition) is 6. The van der Waals surface area contributed by atoms with E-state index in [-0.39, 0.29) is 0 Å². The molecule has 0 radical (unpaired) electrons. The van der Waals surface area contributed by atoms with Gasteiger partial charge in [-0.05, 0) is 74.2 Å². The normalized spacial score (nSPS) is 16.8. The van der Waals surface area contributed by atoms with Crippen LogP contribution in [-0.2, 0) is 13.0 Å². The molecule has 0 N–H and O–H groups in total. The van der Waals surface area contributed by atoms with Gasteiger partial charge in [0.2, 0.25) is 5.75 Å². The van der Waals surface area contributed by atoms with E-state index in [0.717, 1.165) is 43.9 Å². The van der Waals surface area contributed by atoms with Crippen LogP contribution in [-0.4, -0.2) is 71.5 Å². The van der Waals surface area contributed by atoms with Crippen LogP contribution in [0.1, 0.15) is 24.0 Å². The first kappa shape index (κ1) is 24.2. The van der Waals surface area contributed by atoms with E-state index in [1.807, 2.05) is 24.3 Å². The van der Waals surface area contributed by atoms with Crippen molar-refractivity contribution in [1.29, 1.82) is 0 Å². The topological polar surface area (TPSA) is 43.4 Å². The van der Waals surface area contributed by atoms with Crippen molar-refractivity contribution in [1.82, 2.24) is 9.80 Å². The maximum absolute atomic E-state index is 5.50. The third kappa shape index (κ3) is 6.53. The molecule has 1 fully saturated rings. The minimum Gasteiger partial charge on any atom is -0.497 e. The fourth-order valence-electron chi connectivity index (χ4n) is 4.63. The van der Waals surface area contributed by atoms with Gasteiger partial charge in [-0.2, -0.15) is 0 Å². The van der Waals surface area contributed by atoms with Gasteiger partial charge in [0.05, 0.1) is 28.4 Å². The van der Waals surface area contributed by atoms with Crippen LogP contribution in [0.3, 0.4) is 0 Å². The summed E-state index contributed by atoms with van der Waals surface area (Å²) in [5.41, 5.74) is 2.53. The summed E-state index contributed by atoms with van der Waals surface area (Å²) >= 11 is 0. The van der Waals surface area contributed by atoms with Gasteiger partial charge in [0.15, 0.2) is 11.5 Å². The second-order valence-corrected chi connectivity index (χ2v) is 8.64. The third-order valence-corrected chi connectivity index (χ3v) is 6.23. The molecular weight excluding hydrogens is 404 g/mol. The van der Waals surface area contributed by atoms with Crippen molar-refractivity contribution < 1.29 is 18.9 Å². The molecule has 0 unspecified atom stereocenters. The third-order valence-electron chi connectivity index (χ3n) is 6.23. The zero-order valence-corrected chi connectivity index (χ0v) is 20.2. The van der Waals surface area contributed by atoms with Crippen LogP contribution in [0.25, 0.3) is 0 Å². The molecule has 0 bridgehead atoms. The smallest absolute Gasteiger partial charge is 0.203 e. The number of benzene rings is 2. The molecule has 0 aliphatic carbocycles. The summed E-state index contributed by atoms with van der Waals surface area (Å²) in [6.07, 6.45) is 3.64. The maximum atomic E-state index is 5.50. The fraction of sp³-hybridized carbons (Fsp3) is 0.538. The van der Waals surface area contributed by atoms with Crippen molar-refractivity contribution in [2.45, 2.75) is 25.8 Å². The molecule has 6 heteroatoms. The van der Waals surface area contributed by atoms with Crippen LogP contribution in [0.15, 0.2) is 36.4 Å². The molecule has 0 spiro atoms. The number of piperidine rings is 1. The Morgan fingerprint density at radius 3 is 2.19 bits per heavy atom. The lowest BCUT2D eigenvalue weighted by atomic mass is 9.97. The summed E-state index contributed by atoms with van der Waals surface area (Å²) < 4.78 is 21.7. The van der Waals surface area contributed by atoms with E-state index >= 15 is 0 Å². The van der Waals surface area contributed by atoms with E-state index in [0.29, 0.717) is 23.2 Å². The van der Waals surface area contributed by atoms with Crippen LogP contribution in [0.5, 0.6) is 23.0 Å².